The second-order valence-corrected chi connectivity index (χ2v) is 12.6. The van der Waals surface area contributed by atoms with Crippen molar-refractivity contribution in [2.45, 2.75) is 20.4 Å². The second-order valence-electron chi connectivity index (χ2n) is 11.5. The lowest BCUT2D eigenvalue weighted by molar-refractivity contribution is -0.121. The Morgan fingerprint density at radius 3 is 2.52 bits per heavy atom. The fourth-order valence-electron chi connectivity index (χ4n) is 6.25. The van der Waals surface area contributed by atoms with Gasteiger partial charge in [0.1, 0.15) is 22.9 Å². The highest BCUT2D eigenvalue weighted by Crippen LogP contribution is 2.45. The molecule has 1 aliphatic rings. The number of hydrogen-bond acceptors (Lipinski definition) is 7. The predicted molar refractivity (Wildman–Crippen MR) is 180 cm³/mol. The molecule has 2 aromatic carbocycles. The van der Waals surface area contributed by atoms with Crippen LogP contribution in [0.1, 0.15) is 21.2 Å². The Balaban J connectivity index is 1.31. The number of carboxylic acid groups (broad SMARTS) is 1. The van der Waals surface area contributed by atoms with Gasteiger partial charge in [-0.15, -0.1) is 11.3 Å². The zero-order valence-electron chi connectivity index (χ0n) is 25.7. The molecule has 0 unspecified atom stereocenters. The Labute approximate surface area is 270 Å². The largest absolute Gasteiger partial charge is 0.477 e. The van der Waals surface area contributed by atoms with Gasteiger partial charge in [-0.25, -0.2) is 9.78 Å². The number of amides is 1. The number of aromatic carboxylic acids is 1. The van der Waals surface area contributed by atoms with Crippen molar-refractivity contribution in [1.29, 1.82) is 0 Å². The number of fused-ring (bicyclic) bond motifs is 2. The molecule has 6 aromatic rings. The molecule has 46 heavy (non-hydrogen) atoms. The standard InChI is InChI=1S/C36H34N4O5S/c1-22-18-27(23(2)45-22)29-11-8-25-19-26(9-10-28(25)38-29)34-33(24-6-4-3-5-7-24)35-30(20-31(46-35)36(42)43)40(34)21-32(41)37-12-13-39-14-16-44-17-15-39/h3-11,18-20H,12-17,21H2,1-2H3,(H,37,41)(H,42,43). The van der Waals surface area contributed by atoms with Crippen molar-refractivity contribution >= 4 is 44.3 Å². The number of carboxylic acids is 1. The summed E-state index contributed by atoms with van der Waals surface area (Å²) in [5.74, 6) is 0.552. The SMILES string of the molecule is Cc1cc(-c2ccc3cc(-c4c(-c5ccccc5)c5sc(C(=O)O)cc5n4CC(=O)NCCN4CCOCC4)ccc3n2)c(C)o1. The van der Waals surface area contributed by atoms with E-state index in [0.29, 0.717) is 19.8 Å². The molecule has 1 aliphatic heterocycles. The fourth-order valence-corrected chi connectivity index (χ4v) is 7.32. The summed E-state index contributed by atoms with van der Waals surface area (Å²) in [6, 6.07) is 23.8. The van der Waals surface area contributed by atoms with Gasteiger partial charge < -0.3 is 24.1 Å². The van der Waals surface area contributed by atoms with Gasteiger partial charge in [0, 0.05) is 42.7 Å². The van der Waals surface area contributed by atoms with Crippen molar-refractivity contribution in [3.8, 4) is 33.6 Å². The molecule has 7 rings (SSSR count). The van der Waals surface area contributed by atoms with Crippen LogP contribution < -0.4 is 5.32 Å². The molecule has 234 valence electrons. The molecule has 5 heterocycles. The zero-order valence-corrected chi connectivity index (χ0v) is 26.5. The predicted octanol–water partition coefficient (Wildman–Crippen LogP) is 6.61. The first-order chi connectivity index (χ1) is 22.4. The molecule has 0 saturated carbocycles. The van der Waals surface area contributed by atoms with Crippen molar-refractivity contribution in [3.63, 3.8) is 0 Å². The zero-order chi connectivity index (χ0) is 31.8. The van der Waals surface area contributed by atoms with Crippen LogP contribution in [-0.2, 0) is 16.1 Å². The lowest BCUT2D eigenvalue weighted by atomic mass is 9.99. The van der Waals surface area contributed by atoms with Crippen LogP contribution in [0.4, 0.5) is 0 Å². The van der Waals surface area contributed by atoms with E-state index in [2.05, 4.69) is 22.3 Å². The Kier molecular flexibility index (Phi) is 8.16. The number of carbonyl (C=O) groups is 2. The van der Waals surface area contributed by atoms with Crippen molar-refractivity contribution < 1.29 is 23.8 Å². The molecule has 4 aromatic heterocycles. The maximum absolute atomic E-state index is 13.5. The first-order valence-corrected chi connectivity index (χ1v) is 16.2. The van der Waals surface area contributed by atoms with Crippen LogP contribution in [0.3, 0.4) is 0 Å². The van der Waals surface area contributed by atoms with Crippen LogP contribution in [-0.4, -0.2) is 70.8 Å². The lowest BCUT2D eigenvalue weighted by Gasteiger charge is -2.26. The highest BCUT2D eigenvalue weighted by molar-refractivity contribution is 7.21. The summed E-state index contributed by atoms with van der Waals surface area (Å²) in [7, 11) is 0. The number of furan rings is 1. The van der Waals surface area contributed by atoms with E-state index in [4.69, 9.17) is 14.1 Å². The Morgan fingerprint density at radius 1 is 0.978 bits per heavy atom. The number of morpholine rings is 1. The second kappa shape index (κ2) is 12.6. The molecule has 1 saturated heterocycles. The number of nitrogens with one attached hydrogen (secondary N) is 1. The van der Waals surface area contributed by atoms with E-state index in [9.17, 15) is 14.7 Å². The van der Waals surface area contributed by atoms with Crippen molar-refractivity contribution in [1.82, 2.24) is 19.8 Å². The first-order valence-electron chi connectivity index (χ1n) is 15.4. The summed E-state index contributed by atoms with van der Waals surface area (Å²) < 4.78 is 14.0. The number of carbonyl (C=O) groups excluding carboxylic acids is 1. The molecule has 0 spiro atoms. The van der Waals surface area contributed by atoms with Crippen molar-refractivity contribution in [3.05, 3.63) is 89.2 Å². The number of rotatable bonds is 9. The van der Waals surface area contributed by atoms with Crippen LogP contribution >= 0.6 is 11.3 Å². The van der Waals surface area contributed by atoms with Crippen molar-refractivity contribution in [2.75, 3.05) is 39.4 Å². The molecule has 2 N–H and O–H groups in total. The maximum Gasteiger partial charge on any atom is 0.345 e. The number of aryl methyl sites for hydroxylation is 2. The van der Waals surface area contributed by atoms with Gasteiger partial charge in [-0.2, -0.15) is 0 Å². The number of pyridine rings is 1. The third kappa shape index (κ3) is 5.82. The van der Waals surface area contributed by atoms with Gasteiger partial charge in [0.05, 0.1) is 40.3 Å². The minimum Gasteiger partial charge on any atom is -0.477 e. The summed E-state index contributed by atoms with van der Waals surface area (Å²) in [6.45, 7) is 8.30. The van der Waals surface area contributed by atoms with Gasteiger partial charge in [0.15, 0.2) is 0 Å². The van der Waals surface area contributed by atoms with Gasteiger partial charge in [-0.1, -0.05) is 42.5 Å². The molecule has 0 bridgehead atoms. The minimum absolute atomic E-state index is 0.0475. The minimum atomic E-state index is -0.987. The molecule has 9 nitrogen and oxygen atoms in total. The highest BCUT2D eigenvalue weighted by Gasteiger charge is 2.25. The molecule has 0 radical (unpaired) electrons. The quantitative estimate of drug-likeness (QED) is 0.184. The van der Waals surface area contributed by atoms with Crippen LogP contribution in [0, 0.1) is 13.8 Å². The Hall–Kier alpha value is -4.77. The summed E-state index contributed by atoms with van der Waals surface area (Å²) in [6.07, 6.45) is 0. The summed E-state index contributed by atoms with van der Waals surface area (Å²) in [4.78, 5) is 33.0. The van der Waals surface area contributed by atoms with Gasteiger partial charge in [-0.05, 0) is 55.3 Å². The highest BCUT2D eigenvalue weighted by atomic mass is 32.1. The van der Waals surface area contributed by atoms with E-state index in [1.165, 1.54) is 11.3 Å². The maximum atomic E-state index is 13.5. The van der Waals surface area contributed by atoms with Crippen LogP contribution in [0.15, 0.2) is 77.2 Å². The monoisotopic (exact) mass is 634 g/mol. The number of nitrogens with zero attached hydrogens (tertiary/aromatic N) is 3. The summed E-state index contributed by atoms with van der Waals surface area (Å²) >= 11 is 1.23. The Bertz CT molecular complexity index is 2070. The van der Waals surface area contributed by atoms with E-state index >= 15 is 0 Å². The number of hydrogen-bond donors (Lipinski definition) is 2. The number of benzene rings is 2. The number of thiophene rings is 1. The molecule has 1 amide bonds. The summed E-state index contributed by atoms with van der Waals surface area (Å²) in [5, 5.41) is 13.9. The molecule has 10 heteroatoms. The lowest BCUT2D eigenvalue weighted by Crippen LogP contribution is -2.41. The number of aromatic nitrogens is 2. The summed E-state index contributed by atoms with van der Waals surface area (Å²) in [5.41, 5.74) is 7.01. The van der Waals surface area contributed by atoms with E-state index in [1.807, 2.05) is 73.0 Å². The molecular weight excluding hydrogens is 600 g/mol. The fraction of sp³-hybridized carbons (Fsp3) is 0.250. The third-order valence-electron chi connectivity index (χ3n) is 8.45. The average molecular weight is 635 g/mol. The normalized spacial score (nSPS) is 13.9. The van der Waals surface area contributed by atoms with Gasteiger partial charge in [0.2, 0.25) is 5.91 Å². The van der Waals surface area contributed by atoms with E-state index in [1.54, 1.807) is 6.07 Å². The average Bonchev–Trinajstić information content (AvgIpc) is 3.73. The first kappa shape index (κ1) is 29.9. The van der Waals surface area contributed by atoms with E-state index in [0.717, 1.165) is 85.9 Å². The molecular formula is C36H34N4O5S. The smallest absolute Gasteiger partial charge is 0.345 e. The van der Waals surface area contributed by atoms with E-state index in [-0.39, 0.29) is 17.3 Å². The third-order valence-corrected chi connectivity index (χ3v) is 9.58. The van der Waals surface area contributed by atoms with Crippen LogP contribution in [0.5, 0.6) is 0 Å². The van der Waals surface area contributed by atoms with Gasteiger partial charge in [-0.3, -0.25) is 9.69 Å². The van der Waals surface area contributed by atoms with Crippen LogP contribution in [0.2, 0.25) is 0 Å². The van der Waals surface area contributed by atoms with E-state index < -0.39 is 5.97 Å². The molecule has 1 fully saturated rings. The van der Waals surface area contributed by atoms with Gasteiger partial charge >= 0.3 is 5.97 Å². The topological polar surface area (TPSA) is 110 Å². The molecule has 0 atom stereocenters. The number of ether oxygens (including phenoxy) is 1. The van der Waals surface area contributed by atoms with Crippen LogP contribution in [0.25, 0.3) is 54.8 Å². The van der Waals surface area contributed by atoms with Crippen molar-refractivity contribution in [2.24, 2.45) is 0 Å². The van der Waals surface area contributed by atoms with Gasteiger partial charge in [0.25, 0.3) is 0 Å². The Morgan fingerprint density at radius 2 is 1.78 bits per heavy atom. The molecule has 0 aliphatic carbocycles.